The number of aliphatic imine (C=N–C) groups is 1. The number of hydrogen-bond acceptors (Lipinski definition) is 7. The molecule has 0 N–H and O–H groups in total. The number of carbonyl (C=O) groups excluding carboxylic acids is 2. The Hall–Kier alpha value is -3.76. The Bertz CT molecular complexity index is 1230. The number of rotatable bonds is 5. The number of nitrogens with zero attached hydrogens (tertiary/aromatic N) is 6. The van der Waals surface area contributed by atoms with Gasteiger partial charge >= 0.3 is 6.03 Å². The zero-order chi connectivity index (χ0) is 24.8. The number of anilines is 1. The van der Waals surface area contributed by atoms with Crippen LogP contribution in [0.1, 0.15) is 5.56 Å². The minimum absolute atomic E-state index is 0.264. The quantitative estimate of drug-likeness (QED) is 0.640. The highest BCUT2D eigenvalue weighted by Gasteiger charge is 2.54. The summed E-state index contributed by atoms with van der Waals surface area (Å²) < 4.78 is 19.1. The lowest BCUT2D eigenvalue weighted by Gasteiger charge is -2.40. The number of benzene rings is 2. The van der Waals surface area contributed by atoms with E-state index in [-0.39, 0.29) is 17.8 Å². The molecule has 2 unspecified atom stereocenters. The van der Waals surface area contributed by atoms with Crippen molar-refractivity contribution in [1.82, 2.24) is 19.6 Å². The summed E-state index contributed by atoms with van der Waals surface area (Å²) in [5, 5.41) is 0. The number of halogens is 1. The predicted molar refractivity (Wildman–Crippen MR) is 132 cm³/mol. The van der Waals surface area contributed by atoms with Crippen LogP contribution < -0.4 is 4.90 Å². The first-order valence-corrected chi connectivity index (χ1v) is 12.1. The summed E-state index contributed by atoms with van der Waals surface area (Å²) in [5.41, 5.74) is 2.48. The first-order chi connectivity index (χ1) is 17.5. The summed E-state index contributed by atoms with van der Waals surface area (Å²) in [7, 11) is 1.68. The molecule has 2 fully saturated rings. The molecule has 4 aliphatic heterocycles. The van der Waals surface area contributed by atoms with Gasteiger partial charge in [-0.05, 0) is 24.3 Å². The van der Waals surface area contributed by atoms with Gasteiger partial charge in [0.25, 0.3) is 5.91 Å². The van der Waals surface area contributed by atoms with Crippen molar-refractivity contribution < 1.29 is 18.7 Å². The molecule has 186 valence electrons. The fourth-order valence-electron chi connectivity index (χ4n) is 5.16. The van der Waals surface area contributed by atoms with E-state index in [9.17, 15) is 14.0 Å². The molecule has 6 rings (SSSR count). The van der Waals surface area contributed by atoms with Crippen molar-refractivity contribution in [3.8, 4) is 0 Å². The summed E-state index contributed by atoms with van der Waals surface area (Å²) in [6.45, 7) is 3.80. The summed E-state index contributed by atoms with van der Waals surface area (Å²) >= 11 is 0. The fraction of sp³-hybridized carbons (Fsp3) is 0.346. The summed E-state index contributed by atoms with van der Waals surface area (Å²) in [6, 6.07) is 14.9. The predicted octanol–water partition coefficient (Wildman–Crippen LogP) is 2.24. The molecular formula is C26H27FN6O3. The van der Waals surface area contributed by atoms with Gasteiger partial charge in [0, 0.05) is 50.7 Å². The molecule has 0 bridgehead atoms. The third kappa shape index (κ3) is 3.73. The number of likely N-dealkylation sites (N-methyl/N-ethyl adjacent to an activating group) is 1. The molecule has 0 radical (unpaired) electrons. The van der Waals surface area contributed by atoms with Gasteiger partial charge in [0.1, 0.15) is 5.82 Å². The van der Waals surface area contributed by atoms with Gasteiger partial charge in [-0.2, -0.15) is 0 Å². The highest BCUT2D eigenvalue weighted by molar-refractivity contribution is 6.16. The van der Waals surface area contributed by atoms with Gasteiger partial charge in [0.05, 0.1) is 18.9 Å². The van der Waals surface area contributed by atoms with E-state index in [4.69, 9.17) is 9.73 Å². The molecule has 10 heteroatoms. The smallest absolute Gasteiger partial charge is 0.328 e. The van der Waals surface area contributed by atoms with Gasteiger partial charge in [-0.1, -0.05) is 30.3 Å². The zero-order valence-electron chi connectivity index (χ0n) is 20.0. The van der Waals surface area contributed by atoms with E-state index in [1.54, 1.807) is 19.2 Å². The standard InChI is InChI=1S/C26H27FN6O3/c1-29-23-22(24(34)31(26(29)35)12-11-30-13-15-36-16-14-30)32-17-21(18-5-3-2-4-6-18)33(25(32)28-23)20-9-7-19(27)8-10-20/h2-10,17,22-23H,11-16H2,1H3. The van der Waals surface area contributed by atoms with E-state index in [0.29, 0.717) is 32.3 Å². The number of fused-ring (bicyclic) bond motifs is 3. The summed E-state index contributed by atoms with van der Waals surface area (Å²) in [6.07, 6.45) is 1.26. The number of amides is 3. The van der Waals surface area contributed by atoms with Crippen LogP contribution in [0.4, 0.5) is 14.9 Å². The first-order valence-electron chi connectivity index (χ1n) is 12.1. The van der Waals surface area contributed by atoms with Crippen molar-refractivity contribution in [2.45, 2.75) is 12.2 Å². The average molecular weight is 491 g/mol. The maximum Gasteiger partial charge on any atom is 0.328 e. The third-order valence-electron chi connectivity index (χ3n) is 7.11. The number of hydrogen-bond donors (Lipinski definition) is 0. The van der Waals surface area contributed by atoms with Crippen LogP contribution in [0.3, 0.4) is 0 Å². The molecule has 3 amide bonds. The van der Waals surface area contributed by atoms with Crippen LogP contribution >= 0.6 is 0 Å². The Morgan fingerprint density at radius 1 is 1.00 bits per heavy atom. The number of imide groups is 1. The number of morpholine rings is 1. The van der Waals surface area contributed by atoms with Crippen molar-refractivity contribution in [2.75, 3.05) is 51.3 Å². The molecule has 4 heterocycles. The summed E-state index contributed by atoms with van der Waals surface area (Å²) in [4.78, 5) is 40.6. The largest absolute Gasteiger partial charge is 0.379 e. The fourth-order valence-corrected chi connectivity index (χ4v) is 5.16. The Morgan fingerprint density at radius 2 is 1.72 bits per heavy atom. The monoisotopic (exact) mass is 490 g/mol. The average Bonchev–Trinajstić information content (AvgIpc) is 3.46. The van der Waals surface area contributed by atoms with Crippen molar-refractivity contribution in [3.05, 3.63) is 72.2 Å². The van der Waals surface area contributed by atoms with Crippen LogP contribution in [0, 0.1) is 5.82 Å². The minimum Gasteiger partial charge on any atom is -0.379 e. The van der Waals surface area contributed by atoms with Crippen molar-refractivity contribution in [1.29, 1.82) is 0 Å². The van der Waals surface area contributed by atoms with Crippen LogP contribution in [-0.4, -0.2) is 96.1 Å². The maximum absolute atomic E-state index is 13.7. The van der Waals surface area contributed by atoms with E-state index in [2.05, 4.69) is 4.90 Å². The van der Waals surface area contributed by atoms with Crippen LogP contribution in [0.5, 0.6) is 0 Å². The van der Waals surface area contributed by atoms with Gasteiger partial charge in [0.2, 0.25) is 5.96 Å². The van der Waals surface area contributed by atoms with E-state index in [1.165, 1.54) is 21.9 Å². The molecule has 0 aromatic heterocycles. The molecule has 36 heavy (non-hydrogen) atoms. The SMILES string of the molecule is CN1C(=O)N(CCN2CCOCC2)C(=O)C2C1N=C1N(c3ccc(F)cc3)C(c3ccccc3)=CN12. The molecule has 4 aliphatic rings. The third-order valence-corrected chi connectivity index (χ3v) is 7.11. The van der Waals surface area contributed by atoms with E-state index in [0.717, 1.165) is 30.0 Å². The number of carbonyl (C=O) groups is 2. The Kier molecular flexibility index (Phi) is 5.69. The lowest BCUT2D eigenvalue weighted by molar-refractivity contribution is -0.136. The molecule has 9 nitrogen and oxygen atoms in total. The second-order valence-corrected chi connectivity index (χ2v) is 9.22. The minimum atomic E-state index is -0.670. The Morgan fingerprint density at radius 3 is 2.44 bits per heavy atom. The van der Waals surface area contributed by atoms with E-state index >= 15 is 0 Å². The molecule has 0 saturated carbocycles. The summed E-state index contributed by atoms with van der Waals surface area (Å²) in [5.74, 6) is -0.0586. The van der Waals surface area contributed by atoms with Crippen molar-refractivity contribution in [2.24, 2.45) is 4.99 Å². The highest BCUT2D eigenvalue weighted by Crippen LogP contribution is 2.39. The number of guanidine groups is 1. The van der Waals surface area contributed by atoms with Crippen LogP contribution in [0.2, 0.25) is 0 Å². The van der Waals surface area contributed by atoms with Crippen LogP contribution in [-0.2, 0) is 9.53 Å². The van der Waals surface area contributed by atoms with E-state index < -0.39 is 12.2 Å². The lowest BCUT2D eigenvalue weighted by Crippen LogP contribution is -2.65. The molecule has 2 atom stereocenters. The van der Waals surface area contributed by atoms with Gasteiger partial charge < -0.3 is 9.64 Å². The maximum atomic E-state index is 13.7. The number of ether oxygens (including phenoxy) is 1. The van der Waals surface area contributed by atoms with Crippen LogP contribution in [0.25, 0.3) is 5.70 Å². The molecular weight excluding hydrogens is 463 g/mol. The topological polar surface area (TPSA) is 71.9 Å². The Balaban J connectivity index is 1.33. The van der Waals surface area contributed by atoms with Gasteiger partial charge in [-0.3, -0.25) is 24.4 Å². The first kappa shape index (κ1) is 22.7. The molecule has 0 aliphatic carbocycles. The second kappa shape index (κ2) is 9.03. The molecule has 2 aromatic carbocycles. The second-order valence-electron chi connectivity index (χ2n) is 9.22. The van der Waals surface area contributed by atoms with Gasteiger partial charge in [-0.25, -0.2) is 14.2 Å². The molecule has 2 aromatic rings. The van der Waals surface area contributed by atoms with Crippen LogP contribution in [0.15, 0.2) is 65.8 Å². The zero-order valence-corrected chi connectivity index (χ0v) is 20.0. The lowest BCUT2D eigenvalue weighted by atomic mass is 10.1. The molecule has 0 spiro atoms. The van der Waals surface area contributed by atoms with Gasteiger partial charge in [0.15, 0.2) is 12.2 Å². The normalized spacial score (nSPS) is 24.2. The van der Waals surface area contributed by atoms with Crippen molar-refractivity contribution in [3.63, 3.8) is 0 Å². The number of urea groups is 1. The van der Waals surface area contributed by atoms with Gasteiger partial charge in [-0.15, -0.1) is 0 Å². The van der Waals surface area contributed by atoms with E-state index in [1.807, 2.05) is 46.3 Å². The Labute approximate surface area is 208 Å². The highest BCUT2D eigenvalue weighted by atomic mass is 19.1. The molecule has 2 saturated heterocycles. The van der Waals surface area contributed by atoms with Crippen molar-refractivity contribution >= 4 is 29.3 Å².